The highest BCUT2D eigenvalue weighted by atomic mass is 127. The van der Waals surface area contributed by atoms with Crippen molar-refractivity contribution in [1.29, 1.82) is 0 Å². The van der Waals surface area contributed by atoms with Gasteiger partial charge in [0.2, 0.25) is 5.82 Å². The van der Waals surface area contributed by atoms with Gasteiger partial charge < -0.3 is 14.6 Å². The maximum absolute atomic E-state index is 5.31. The molecule has 2 heterocycles. The summed E-state index contributed by atoms with van der Waals surface area (Å²) in [6.45, 7) is 4.31. The molecule has 1 aromatic carbocycles. The Labute approximate surface area is 176 Å². The van der Waals surface area contributed by atoms with Crippen molar-refractivity contribution in [3.05, 3.63) is 60.1 Å². The Morgan fingerprint density at radius 3 is 2.74 bits per heavy atom. The molecule has 144 valence electrons. The number of hydrogen-bond donors (Lipinski definition) is 2. The van der Waals surface area contributed by atoms with Crippen molar-refractivity contribution in [2.24, 2.45) is 4.99 Å². The van der Waals surface area contributed by atoms with E-state index in [1.807, 2.05) is 37.4 Å². The predicted molar refractivity (Wildman–Crippen MR) is 117 cm³/mol. The number of benzene rings is 1. The molecule has 0 spiro atoms. The molecule has 2 N–H and O–H groups in total. The molecule has 8 heteroatoms. The third kappa shape index (κ3) is 6.09. The van der Waals surface area contributed by atoms with Crippen LogP contribution in [0, 0.1) is 0 Å². The molecule has 0 saturated carbocycles. The van der Waals surface area contributed by atoms with E-state index in [-0.39, 0.29) is 24.0 Å². The molecule has 0 fully saturated rings. The van der Waals surface area contributed by atoms with Gasteiger partial charge in [-0.05, 0) is 24.6 Å². The molecule has 0 bridgehead atoms. The van der Waals surface area contributed by atoms with Gasteiger partial charge in [-0.3, -0.25) is 10.1 Å². The molecule has 0 saturated heterocycles. The molecular formula is C19H25IN6O. The summed E-state index contributed by atoms with van der Waals surface area (Å²) in [5.74, 6) is 2.90. The lowest BCUT2D eigenvalue weighted by Crippen LogP contribution is -2.38. The fourth-order valence-electron chi connectivity index (χ4n) is 2.59. The Hall–Kier alpha value is -2.36. The Morgan fingerprint density at radius 1 is 1.22 bits per heavy atom. The normalized spacial score (nSPS) is 11.1. The second kappa shape index (κ2) is 10.7. The molecule has 0 aliphatic carbocycles. The lowest BCUT2D eigenvalue weighted by Gasteiger charge is -2.22. The van der Waals surface area contributed by atoms with Crippen LogP contribution in [0.25, 0.3) is 11.6 Å². The van der Waals surface area contributed by atoms with Crippen LogP contribution in [0.2, 0.25) is 0 Å². The molecule has 0 aliphatic heterocycles. The van der Waals surface area contributed by atoms with Crippen LogP contribution in [0.3, 0.4) is 0 Å². The second-order valence-electron chi connectivity index (χ2n) is 5.91. The predicted octanol–water partition coefficient (Wildman–Crippen LogP) is 3.32. The van der Waals surface area contributed by atoms with Crippen molar-refractivity contribution in [2.75, 3.05) is 20.1 Å². The number of aliphatic imine (C=N–C) groups is 1. The SMILES string of the molecule is CCNC(=NCCc1nc(-c2ccco2)n[nH]1)N(C)Cc1ccccc1.I. The zero-order chi connectivity index (χ0) is 18.2. The highest BCUT2D eigenvalue weighted by Crippen LogP contribution is 2.14. The van der Waals surface area contributed by atoms with E-state index in [1.54, 1.807) is 6.26 Å². The number of hydrogen-bond acceptors (Lipinski definition) is 4. The van der Waals surface area contributed by atoms with Crippen LogP contribution in [0.15, 0.2) is 58.1 Å². The number of aromatic nitrogens is 3. The third-order valence-electron chi connectivity index (χ3n) is 3.84. The number of nitrogens with zero attached hydrogens (tertiary/aromatic N) is 4. The van der Waals surface area contributed by atoms with Gasteiger partial charge in [0.25, 0.3) is 0 Å². The summed E-state index contributed by atoms with van der Waals surface area (Å²) in [6, 6.07) is 14.0. The Balaban J connectivity index is 0.00000261. The maximum atomic E-state index is 5.31. The van der Waals surface area contributed by atoms with Crippen LogP contribution in [-0.4, -0.2) is 46.2 Å². The molecule has 27 heavy (non-hydrogen) atoms. The van der Waals surface area contributed by atoms with E-state index in [1.165, 1.54) is 5.56 Å². The monoisotopic (exact) mass is 480 g/mol. The topological polar surface area (TPSA) is 82.3 Å². The van der Waals surface area contributed by atoms with Gasteiger partial charge in [-0.15, -0.1) is 24.0 Å². The molecule has 3 aromatic rings. The summed E-state index contributed by atoms with van der Waals surface area (Å²) < 4.78 is 5.31. The lowest BCUT2D eigenvalue weighted by atomic mass is 10.2. The summed E-state index contributed by atoms with van der Waals surface area (Å²) >= 11 is 0. The zero-order valence-corrected chi connectivity index (χ0v) is 17.9. The van der Waals surface area contributed by atoms with E-state index in [0.717, 1.165) is 24.9 Å². The zero-order valence-electron chi connectivity index (χ0n) is 15.6. The van der Waals surface area contributed by atoms with E-state index in [0.29, 0.717) is 24.6 Å². The van der Waals surface area contributed by atoms with E-state index < -0.39 is 0 Å². The van der Waals surface area contributed by atoms with Crippen LogP contribution in [0.4, 0.5) is 0 Å². The number of halogens is 1. The van der Waals surface area contributed by atoms with Gasteiger partial charge in [-0.1, -0.05) is 30.3 Å². The van der Waals surface area contributed by atoms with Gasteiger partial charge in [0.05, 0.1) is 6.26 Å². The van der Waals surface area contributed by atoms with Crippen molar-refractivity contribution in [3.8, 4) is 11.6 Å². The smallest absolute Gasteiger partial charge is 0.216 e. The first-order valence-corrected chi connectivity index (χ1v) is 8.74. The summed E-state index contributed by atoms with van der Waals surface area (Å²) in [6.07, 6.45) is 2.29. The molecule has 0 amide bonds. The largest absolute Gasteiger partial charge is 0.461 e. The Morgan fingerprint density at radius 2 is 2.04 bits per heavy atom. The summed E-state index contributed by atoms with van der Waals surface area (Å²) in [7, 11) is 2.04. The number of furan rings is 1. The minimum Gasteiger partial charge on any atom is -0.461 e. The van der Waals surface area contributed by atoms with Crippen molar-refractivity contribution < 1.29 is 4.42 Å². The summed E-state index contributed by atoms with van der Waals surface area (Å²) in [5.41, 5.74) is 1.25. The molecule has 0 radical (unpaired) electrons. The second-order valence-corrected chi connectivity index (χ2v) is 5.91. The first kappa shape index (κ1) is 20.9. The number of nitrogens with one attached hydrogen (secondary N) is 2. The summed E-state index contributed by atoms with van der Waals surface area (Å²) in [5, 5.41) is 10.5. The van der Waals surface area contributed by atoms with Crippen molar-refractivity contribution >= 4 is 29.9 Å². The molecular weight excluding hydrogens is 455 g/mol. The maximum Gasteiger partial charge on any atom is 0.216 e. The molecule has 3 rings (SSSR count). The van der Waals surface area contributed by atoms with Gasteiger partial charge in [0.1, 0.15) is 5.82 Å². The number of H-pyrrole nitrogens is 1. The number of guanidine groups is 1. The van der Waals surface area contributed by atoms with Gasteiger partial charge in [-0.25, -0.2) is 4.98 Å². The first-order valence-electron chi connectivity index (χ1n) is 8.74. The van der Waals surface area contributed by atoms with E-state index in [9.17, 15) is 0 Å². The van der Waals surface area contributed by atoms with Crippen LogP contribution in [-0.2, 0) is 13.0 Å². The minimum absolute atomic E-state index is 0. The van der Waals surface area contributed by atoms with Crippen LogP contribution < -0.4 is 5.32 Å². The molecule has 0 atom stereocenters. The number of rotatable bonds is 7. The third-order valence-corrected chi connectivity index (χ3v) is 3.84. The van der Waals surface area contributed by atoms with Crippen LogP contribution in [0.5, 0.6) is 0 Å². The lowest BCUT2D eigenvalue weighted by molar-refractivity contribution is 0.477. The first-order chi connectivity index (χ1) is 12.8. The van der Waals surface area contributed by atoms with Crippen LogP contribution in [0.1, 0.15) is 18.3 Å². The number of aromatic amines is 1. The fraction of sp³-hybridized carbons (Fsp3) is 0.316. The van der Waals surface area contributed by atoms with Crippen molar-refractivity contribution in [1.82, 2.24) is 25.4 Å². The highest BCUT2D eigenvalue weighted by Gasteiger charge is 2.09. The highest BCUT2D eigenvalue weighted by molar-refractivity contribution is 14.0. The standard InChI is InChI=1S/C19H24N6O.HI/c1-3-20-19(25(2)14-15-8-5-4-6-9-15)21-12-11-17-22-18(24-23-17)16-10-7-13-26-16;/h4-10,13H,3,11-12,14H2,1-2H3,(H,20,21)(H,22,23,24);1H. The molecule has 7 nitrogen and oxygen atoms in total. The average Bonchev–Trinajstić information content (AvgIpc) is 3.33. The van der Waals surface area contributed by atoms with Gasteiger partial charge >= 0.3 is 0 Å². The quantitative estimate of drug-likeness (QED) is 0.308. The molecule has 2 aromatic heterocycles. The Kier molecular flexibility index (Phi) is 8.31. The summed E-state index contributed by atoms with van der Waals surface area (Å²) in [4.78, 5) is 11.3. The van der Waals surface area contributed by atoms with E-state index >= 15 is 0 Å². The fourth-order valence-corrected chi connectivity index (χ4v) is 2.59. The van der Waals surface area contributed by atoms with E-state index in [2.05, 4.69) is 44.5 Å². The van der Waals surface area contributed by atoms with Gasteiger partial charge in [0.15, 0.2) is 11.7 Å². The minimum atomic E-state index is 0. The van der Waals surface area contributed by atoms with Crippen molar-refractivity contribution in [2.45, 2.75) is 19.9 Å². The molecule has 0 aliphatic rings. The molecule has 0 unspecified atom stereocenters. The van der Waals surface area contributed by atoms with Gasteiger partial charge in [-0.2, -0.15) is 5.10 Å². The van der Waals surface area contributed by atoms with Crippen LogP contribution >= 0.6 is 24.0 Å². The van der Waals surface area contributed by atoms with Gasteiger partial charge in [0, 0.05) is 33.1 Å². The average molecular weight is 480 g/mol. The van der Waals surface area contributed by atoms with Crippen molar-refractivity contribution in [3.63, 3.8) is 0 Å². The Bertz CT molecular complexity index is 816. The van der Waals surface area contributed by atoms with E-state index in [4.69, 9.17) is 9.41 Å².